The number of hydrogen-bond donors (Lipinski definition) is 3. The molecule has 1 heterocycles. The number of amides is 1. The fraction of sp³-hybridized carbons (Fsp3) is 0.417. The van der Waals surface area contributed by atoms with Gasteiger partial charge in [-0.05, 0) is 0 Å². The van der Waals surface area contributed by atoms with Crippen LogP contribution in [0.3, 0.4) is 0 Å². The van der Waals surface area contributed by atoms with Crippen molar-refractivity contribution in [3.8, 4) is 0 Å². The van der Waals surface area contributed by atoms with Gasteiger partial charge < -0.3 is 21.8 Å². The number of alkyl halides is 3. The normalized spacial score (nSPS) is 20.5. The number of hydrogen-bond acceptors (Lipinski definition) is 8. The molecule has 1 aromatic heterocycles. The van der Waals surface area contributed by atoms with Crippen LogP contribution in [0.5, 0.6) is 0 Å². The number of aromatic nitrogens is 1. The summed E-state index contributed by atoms with van der Waals surface area (Å²) in [6, 6.07) is -3.53. The second kappa shape index (κ2) is 7.32. The molecule has 0 saturated carbocycles. The van der Waals surface area contributed by atoms with Crippen molar-refractivity contribution in [2.75, 3.05) is 5.75 Å². The summed E-state index contributed by atoms with van der Waals surface area (Å²) in [7, 11) is 0. The highest BCUT2D eigenvalue weighted by molar-refractivity contribution is 7.99. The Kier molecular flexibility index (Phi) is 5.67. The Labute approximate surface area is 156 Å². The molecule has 1 aromatic rings. The maximum absolute atomic E-state index is 13.5. The molecule has 1 aliphatic rings. The molecule has 0 aromatic carbocycles. The third-order valence-corrected chi connectivity index (χ3v) is 6.12. The van der Waals surface area contributed by atoms with Crippen molar-refractivity contribution < 1.29 is 37.5 Å². The SMILES string of the molecule is NC(=O)c1sc2c([n+]1[O-])C(SC[C@H](N)C(=O)O)C(C(F)(F)F)=CC2[N+](=O)[O-]. The molecule has 0 aliphatic heterocycles. The lowest BCUT2D eigenvalue weighted by Crippen LogP contribution is -2.41. The Balaban J connectivity index is 2.63. The average Bonchev–Trinajstić information content (AvgIpc) is 2.88. The number of nitrogens with zero attached hydrogens (tertiary/aromatic N) is 2. The van der Waals surface area contributed by atoms with Gasteiger partial charge in [-0.1, -0.05) is 11.3 Å². The van der Waals surface area contributed by atoms with Crippen molar-refractivity contribution in [2.45, 2.75) is 23.5 Å². The first-order valence-electron chi connectivity index (χ1n) is 6.94. The number of carboxylic acids is 1. The highest BCUT2D eigenvalue weighted by Gasteiger charge is 2.52. The van der Waals surface area contributed by atoms with Crippen molar-refractivity contribution in [3.63, 3.8) is 0 Å². The molecule has 1 aliphatic carbocycles. The van der Waals surface area contributed by atoms with Crippen LogP contribution in [0.2, 0.25) is 0 Å². The zero-order valence-corrected chi connectivity index (χ0v) is 14.6. The molecule has 0 radical (unpaired) electrons. The molecule has 2 rings (SSSR count). The minimum absolute atomic E-state index is 0.165. The number of carbonyl (C=O) groups excluding carboxylic acids is 1. The molecule has 148 valence electrons. The van der Waals surface area contributed by atoms with E-state index in [4.69, 9.17) is 16.6 Å². The van der Waals surface area contributed by atoms with Crippen LogP contribution >= 0.6 is 23.1 Å². The second-order valence-electron chi connectivity index (χ2n) is 5.32. The summed E-state index contributed by atoms with van der Waals surface area (Å²) in [5.41, 5.74) is 8.22. The van der Waals surface area contributed by atoms with E-state index in [1.165, 1.54) is 0 Å². The molecule has 3 atom stereocenters. The van der Waals surface area contributed by atoms with Crippen LogP contribution in [0, 0.1) is 15.3 Å². The van der Waals surface area contributed by atoms with Crippen LogP contribution in [-0.2, 0) is 4.79 Å². The Bertz CT molecular complexity index is 840. The van der Waals surface area contributed by atoms with Gasteiger partial charge in [0.2, 0.25) is 5.69 Å². The largest absolute Gasteiger partial charge is 0.617 e. The van der Waals surface area contributed by atoms with Gasteiger partial charge in [0.15, 0.2) is 4.88 Å². The highest BCUT2D eigenvalue weighted by atomic mass is 32.2. The van der Waals surface area contributed by atoms with E-state index in [1.54, 1.807) is 0 Å². The van der Waals surface area contributed by atoms with Crippen LogP contribution < -0.4 is 16.2 Å². The zero-order valence-electron chi connectivity index (χ0n) is 13.0. The van der Waals surface area contributed by atoms with Gasteiger partial charge in [-0.15, -0.1) is 11.8 Å². The first kappa shape index (κ1) is 20.9. The molecule has 0 saturated heterocycles. The minimum Gasteiger partial charge on any atom is -0.617 e. The van der Waals surface area contributed by atoms with Crippen LogP contribution in [0.15, 0.2) is 11.6 Å². The van der Waals surface area contributed by atoms with E-state index in [0.29, 0.717) is 29.2 Å². The fourth-order valence-corrected chi connectivity index (χ4v) is 4.79. The van der Waals surface area contributed by atoms with Crippen molar-refractivity contribution in [3.05, 3.63) is 42.5 Å². The van der Waals surface area contributed by atoms with Gasteiger partial charge >= 0.3 is 23.1 Å². The summed E-state index contributed by atoms with van der Waals surface area (Å²) in [6.45, 7) is 0. The van der Waals surface area contributed by atoms with Gasteiger partial charge in [0.25, 0.3) is 6.04 Å². The third-order valence-electron chi connectivity index (χ3n) is 3.52. The summed E-state index contributed by atoms with van der Waals surface area (Å²) in [5, 5.41) is 29.8. The van der Waals surface area contributed by atoms with E-state index < -0.39 is 62.3 Å². The fourth-order valence-electron chi connectivity index (χ4n) is 2.33. The predicted molar refractivity (Wildman–Crippen MR) is 86.5 cm³/mol. The maximum Gasteiger partial charge on any atom is 0.414 e. The van der Waals surface area contributed by atoms with Crippen LogP contribution in [0.25, 0.3) is 0 Å². The number of aliphatic carboxylic acids is 1. The van der Waals surface area contributed by atoms with E-state index in [-0.39, 0.29) is 9.61 Å². The van der Waals surface area contributed by atoms with Crippen molar-refractivity contribution in [2.24, 2.45) is 11.5 Å². The number of rotatable bonds is 6. The number of fused-ring (bicyclic) bond motifs is 1. The van der Waals surface area contributed by atoms with E-state index in [9.17, 15) is 38.1 Å². The van der Waals surface area contributed by atoms with Crippen LogP contribution in [0.4, 0.5) is 13.2 Å². The van der Waals surface area contributed by atoms with E-state index in [1.807, 2.05) is 0 Å². The van der Waals surface area contributed by atoms with Gasteiger partial charge in [-0.25, -0.2) is 0 Å². The second-order valence-corrected chi connectivity index (χ2v) is 7.49. The van der Waals surface area contributed by atoms with E-state index in [2.05, 4.69) is 0 Å². The summed E-state index contributed by atoms with van der Waals surface area (Å²) in [4.78, 5) is 32.0. The highest BCUT2D eigenvalue weighted by Crippen LogP contribution is 2.51. The Hall–Kier alpha value is -2.39. The maximum atomic E-state index is 13.5. The number of thioether (sulfide) groups is 1. The lowest BCUT2D eigenvalue weighted by molar-refractivity contribution is -0.612. The lowest BCUT2D eigenvalue weighted by atomic mass is 9.97. The predicted octanol–water partition coefficient (Wildman–Crippen LogP) is 0.487. The topological polar surface area (TPSA) is 176 Å². The number of halogens is 3. The third kappa shape index (κ3) is 3.98. The Morgan fingerprint density at radius 3 is 2.52 bits per heavy atom. The molecule has 0 spiro atoms. The van der Waals surface area contributed by atoms with E-state index >= 15 is 0 Å². The monoisotopic (exact) mass is 428 g/mol. The molecule has 10 nitrogen and oxygen atoms in total. The van der Waals surface area contributed by atoms with Gasteiger partial charge in [0, 0.05) is 16.8 Å². The summed E-state index contributed by atoms with van der Waals surface area (Å²) < 4.78 is 40.2. The summed E-state index contributed by atoms with van der Waals surface area (Å²) >= 11 is 0.706. The molecule has 0 bridgehead atoms. The molecular formula is C12H11F3N4O6S2. The first-order chi connectivity index (χ1) is 12.4. The molecule has 5 N–H and O–H groups in total. The van der Waals surface area contributed by atoms with Gasteiger partial charge in [0.1, 0.15) is 11.3 Å². The number of carbonyl (C=O) groups is 2. The number of thiazole rings is 1. The Morgan fingerprint density at radius 2 is 2.07 bits per heavy atom. The number of primary amides is 1. The van der Waals surface area contributed by atoms with Crippen molar-refractivity contribution in [1.82, 2.24) is 0 Å². The average molecular weight is 428 g/mol. The quantitative estimate of drug-likeness (QED) is 0.193. The van der Waals surface area contributed by atoms with Crippen molar-refractivity contribution >= 4 is 35.0 Å². The van der Waals surface area contributed by atoms with Gasteiger partial charge in [0.05, 0.1) is 5.57 Å². The molecule has 0 fully saturated rings. The van der Waals surface area contributed by atoms with Crippen molar-refractivity contribution in [1.29, 1.82) is 0 Å². The molecule has 2 unspecified atom stereocenters. The first-order valence-corrected chi connectivity index (χ1v) is 8.81. The minimum atomic E-state index is -5.04. The lowest BCUT2D eigenvalue weighted by Gasteiger charge is -2.25. The van der Waals surface area contributed by atoms with Crippen LogP contribution in [0.1, 0.15) is 31.7 Å². The number of nitrogens with two attached hydrogens (primary N) is 2. The Morgan fingerprint density at radius 1 is 1.48 bits per heavy atom. The van der Waals surface area contributed by atoms with Gasteiger partial charge in [-0.3, -0.25) is 19.7 Å². The zero-order chi connectivity index (χ0) is 20.7. The standard InChI is InChI=1S/C12H11F3N4O6S2/c13-12(14,15)3-1-5(19(24)25)8-6(18(23)10(27-8)9(17)20)7(3)26-2-4(16)11(21)22/h1,4-5,7H,2,16H2,(H2,17,20)(H,21,22)/t4-,5?,7?/m0/s1. The number of nitro groups is 1. The number of carboxylic acid groups (broad SMARTS) is 1. The molecule has 15 heteroatoms. The van der Waals surface area contributed by atoms with E-state index in [0.717, 1.165) is 0 Å². The molecular weight excluding hydrogens is 417 g/mol. The summed E-state index contributed by atoms with van der Waals surface area (Å²) in [5.74, 6) is -3.25. The van der Waals surface area contributed by atoms with Crippen LogP contribution in [-0.4, -0.2) is 39.9 Å². The molecule has 1 amide bonds. The molecule has 27 heavy (non-hydrogen) atoms. The smallest absolute Gasteiger partial charge is 0.414 e. The summed E-state index contributed by atoms with van der Waals surface area (Å²) in [6.07, 6.45) is -4.70. The van der Waals surface area contributed by atoms with Gasteiger partial charge in [-0.2, -0.15) is 17.9 Å².